The van der Waals surface area contributed by atoms with E-state index in [-0.39, 0.29) is 12.5 Å². The van der Waals surface area contributed by atoms with E-state index in [1.54, 1.807) is 18.2 Å². The maximum atomic E-state index is 12.1. The average Bonchev–Trinajstić information content (AvgIpc) is 2.58. The third-order valence-corrected chi connectivity index (χ3v) is 3.63. The van der Waals surface area contributed by atoms with Gasteiger partial charge in [0.1, 0.15) is 0 Å². The van der Waals surface area contributed by atoms with Crippen LogP contribution >= 0.6 is 0 Å². The summed E-state index contributed by atoms with van der Waals surface area (Å²) in [5.74, 6) is 0.627. The highest BCUT2D eigenvalue weighted by Gasteiger charge is 2.10. The van der Waals surface area contributed by atoms with E-state index in [0.717, 1.165) is 16.8 Å². The highest BCUT2D eigenvalue weighted by Crippen LogP contribution is 2.27. The van der Waals surface area contributed by atoms with Crippen molar-refractivity contribution in [3.63, 3.8) is 0 Å². The van der Waals surface area contributed by atoms with Crippen molar-refractivity contribution in [1.82, 2.24) is 0 Å². The number of rotatable bonds is 6. The van der Waals surface area contributed by atoms with Crippen molar-refractivity contribution >= 4 is 17.8 Å². The summed E-state index contributed by atoms with van der Waals surface area (Å²) in [6.45, 7) is 3.80. The summed E-state index contributed by atoms with van der Waals surface area (Å²) in [4.78, 5) is 12.1. The fourth-order valence-electron chi connectivity index (χ4n) is 2.17. The van der Waals surface area contributed by atoms with Gasteiger partial charge in [0, 0.05) is 11.3 Å². The van der Waals surface area contributed by atoms with Crippen LogP contribution in [0, 0.1) is 13.8 Å². The quantitative estimate of drug-likeness (QED) is 0.485. The van der Waals surface area contributed by atoms with Crippen molar-refractivity contribution in [2.75, 3.05) is 19.0 Å². The van der Waals surface area contributed by atoms with Gasteiger partial charge in [-0.15, -0.1) is 0 Å². The molecule has 1 amide bonds. The number of oxime groups is 1. The number of amides is 1. The van der Waals surface area contributed by atoms with Crippen molar-refractivity contribution < 1.29 is 19.5 Å². The van der Waals surface area contributed by atoms with Crippen molar-refractivity contribution in [3.8, 4) is 11.5 Å². The lowest BCUT2D eigenvalue weighted by atomic mass is 10.1. The lowest BCUT2D eigenvalue weighted by Crippen LogP contribution is -2.21. The van der Waals surface area contributed by atoms with Crippen molar-refractivity contribution in [3.05, 3.63) is 53.1 Å². The van der Waals surface area contributed by atoms with E-state index in [4.69, 9.17) is 14.7 Å². The van der Waals surface area contributed by atoms with E-state index >= 15 is 0 Å². The fraction of sp³-hybridized carbons (Fsp3) is 0.222. The van der Waals surface area contributed by atoms with Gasteiger partial charge in [-0.05, 0) is 49.2 Å². The van der Waals surface area contributed by atoms with Gasteiger partial charge in [-0.1, -0.05) is 17.3 Å². The number of anilines is 1. The lowest BCUT2D eigenvalue weighted by molar-refractivity contribution is -0.118. The molecule has 0 aliphatic rings. The zero-order valence-corrected chi connectivity index (χ0v) is 13.9. The normalized spacial score (nSPS) is 10.6. The maximum absolute atomic E-state index is 12.1. The molecule has 2 rings (SSSR count). The molecule has 2 aromatic rings. The van der Waals surface area contributed by atoms with Gasteiger partial charge in [-0.3, -0.25) is 4.79 Å². The standard InChI is InChI=1S/C18H20N2O4/c1-12-5-4-6-15(13(12)2)20-18(21)11-24-16-8-7-14(10-19-22)9-17(16)23-3/h4-10,22H,11H2,1-3H3,(H,20,21)/b19-10+. The largest absolute Gasteiger partial charge is 0.493 e. The smallest absolute Gasteiger partial charge is 0.262 e. The summed E-state index contributed by atoms with van der Waals surface area (Å²) in [6, 6.07) is 10.7. The highest BCUT2D eigenvalue weighted by molar-refractivity contribution is 5.92. The second-order valence-electron chi connectivity index (χ2n) is 5.24. The summed E-state index contributed by atoms with van der Waals surface area (Å²) in [5.41, 5.74) is 3.55. The second kappa shape index (κ2) is 8.01. The number of nitrogens with one attached hydrogen (secondary N) is 1. The molecule has 2 aromatic carbocycles. The van der Waals surface area contributed by atoms with Crippen LogP contribution in [0.5, 0.6) is 11.5 Å². The van der Waals surface area contributed by atoms with Crippen molar-refractivity contribution in [1.29, 1.82) is 0 Å². The first kappa shape index (κ1) is 17.3. The SMILES string of the molecule is COc1cc(/C=N/O)ccc1OCC(=O)Nc1cccc(C)c1C. The minimum atomic E-state index is -0.258. The van der Waals surface area contributed by atoms with Gasteiger partial charge in [0.25, 0.3) is 5.91 Å². The summed E-state index contributed by atoms with van der Waals surface area (Å²) < 4.78 is 10.7. The van der Waals surface area contributed by atoms with Crippen LogP contribution in [0.2, 0.25) is 0 Å². The topological polar surface area (TPSA) is 80.2 Å². The molecule has 0 aliphatic heterocycles. The first-order valence-corrected chi connectivity index (χ1v) is 7.39. The summed E-state index contributed by atoms with van der Waals surface area (Å²) in [6.07, 6.45) is 1.28. The molecule has 0 saturated carbocycles. The Morgan fingerprint density at radius 3 is 2.75 bits per heavy atom. The van der Waals surface area contributed by atoms with Gasteiger partial charge in [0.05, 0.1) is 13.3 Å². The van der Waals surface area contributed by atoms with Gasteiger partial charge in [0.15, 0.2) is 18.1 Å². The third-order valence-electron chi connectivity index (χ3n) is 3.63. The number of benzene rings is 2. The number of methoxy groups -OCH3 is 1. The number of nitrogens with zero attached hydrogens (tertiary/aromatic N) is 1. The number of hydrogen-bond acceptors (Lipinski definition) is 5. The van der Waals surface area contributed by atoms with Crippen LogP contribution in [0.25, 0.3) is 0 Å². The predicted molar refractivity (Wildman–Crippen MR) is 92.4 cm³/mol. The van der Waals surface area contributed by atoms with E-state index in [2.05, 4.69) is 10.5 Å². The van der Waals surface area contributed by atoms with Gasteiger partial charge in [-0.2, -0.15) is 0 Å². The van der Waals surface area contributed by atoms with E-state index in [0.29, 0.717) is 17.1 Å². The van der Waals surface area contributed by atoms with Crippen molar-refractivity contribution in [2.45, 2.75) is 13.8 Å². The molecule has 0 saturated heterocycles. The molecular weight excluding hydrogens is 308 g/mol. The number of carbonyl (C=O) groups is 1. The molecule has 24 heavy (non-hydrogen) atoms. The van der Waals surface area contributed by atoms with E-state index in [9.17, 15) is 4.79 Å². The molecular formula is C18H20N2O4. The van der Waals surface area contributed by atoms with Gasteiger partial charge >= 0.3 is 0 Å². The molecule has 126 valence electrons. The van der Waals surface area contributed by atoms with Crippen LogP contribution in [0.15, 0.2) is 41.6 Å². The van der Waals surface area contributed by atoms with E-state index in [1.165, 1.54) is 13.3 Å². The first-order valence-electron chi connectivity index (χ1n) is 7.39. The summed E-state index contributed by atoms with van der Waals surface area (Å²) in [7, 11) is 1.50. The number of hydrogen-bond donors (Lipinski definition) is 2. The Balaban J connectivity index is 2.02. The Kier molecular flexibility index (Phi) is 5.78. The molecule has 0 heterocycles. The number of aryl methyl sites for hydroxylation is 1. The van der Waals surface area contributed by atoms with Crippen LogP contribution in [0.4, 0.5) is 5.69 Å². The summed E-state index contributed by atoms with van der Waals surface area (Å²) >= 11 is 0. The van der Waals surface area contributed by atoms with Gasteiger partial charge in [-0.25, -0.2) is 0 Å². The van der Waals surface area contributed by atoms with Crippen molar-refractivity contribution in [2.24, 2.45) is 5.16 Å². The Morgan fingerprint density at radius 2 is 2.04 bits per heavy atom. The Bertz CT molecular complexity index is 757. The molecule has 0 aromatic heterocycles. The average molecular weight is 328 g/mol. The minimum Gasteiger partial charge on any atom is -0.493 e. The third kappa shape index (κ3) is 4.25. The Morgan fingerprint density at radius 1 is 1.25 bits per heavy atom. The summed E-state index contributed by atoms with van der Waals surface area (Å²) in [5, 5.41) is 14.3. The number of carbonyl (C=O) groups excluding carboxylic acids is 1. The molecule has 0 atom stereocenters. The Labute approximate surface area is 140 Å². The van der Waals surface area contributed by atoms with E-state index in [1.807, 2.05) is 32.0 Å². The fourth-order valence-corrected chi connectivity index (χ4v) is 2.17. The molecule has 0 fully saturated rings. The Hall–Kier alpha value is -3.02. The van der Waals surface area contributed by atoms with Gasteiger partial charge in [0.2, 0.25) is 0 Å². The molecule has 0 radical (unpaired) electrons. The van der Waals surface area contributed by atoms with Crippen LogP contribution in [0.3, 0.4) is 0 Å². The molecule has 0 unspecified atom stereocenters. The lowest BCUT2D eigenvalue weighted by Gasteiger charge is -2.13. The van der Waals surface area contributed by atoms with Crippen LogP contribution in [-0.2, 0) is 4.79 Å². The predicted octanol–water partition coefficient (Wildman–Crippen LogP) is 3.14. The molecule has 6 nitrogen and oxygen atoms in total. The van der Waals surface area contributed by atoms with Crippen LogP contribution < -0.4 is 14.8 Å². The second-order valence-corrected chi connectivity index (χ2v) is 5.24. The first-order chi connectivity index (χ1) is 11.5. The zero-order chi connectivity index (χ0) is 17.5. The molecule has 0 aliphatic carbocycles. The van der Waals surface area contributed by atoms with Crippen LogP contribution in [-0.4, -0.2) is 31.0 Å². The maximum Gasteiger partial charge on any atom is 0.262 e. The van der Waals surface area contributed by atoms with Crippen LogP contribution in [0.1, 0.15) is 16.7 Å². The monoisotopic (exact) mass is 328 g/mol. The molecule has 0 bridgehead atoms. The molecule has 2 N–H and O–H groups in total. The van der Waals surface area contributed by atoms with Gasteiger partial charge < -0.3 is 20.0 Å². The molecule has 0 spiro atoms. The zero-order valence-electron chi connectivity index (χ0n) is 13.9. The molecule has 6 heteroatoms. The van der Waals surface area contributed by atoms with E-state index < -0.39 is 0 Å². The number of ether oxygens (including phenoxy) is 2. The highest BCUT2D eigenvalue weighted by atomic mass is 16.5. The minimum absolute atomic E-state index is 0.142.